The lowest BCUT2D eigenvalue weighted by Gasteiger charge is -1.93. The third-order valence-corrected chi connectivity index (χ3v) is 4.82. The Balaban J connectivity index is 1.98. The predicted molar refractivity (Wildman–Crippen MR) is 90.9 cm³/mol. The molecule has 0 saturated heterocycles. The van der Waals surface area contributed by atoms with Gasteiger partial charge in [0.25, 0.3) is 0 Å². The topological polar surface area (TPSA) is 89.3 Å². The normalized spacial score (nSPS) is 11.3. The summed E-state index contributed by atoms with van der Waals surface area (Å²) in [5.41, 5.74) is 9.39. The van der Waals surface area contributed by atoms with Crippen LogP contribution in [0.4, 0.5) is 5.69 Å². The Morgan fingerprint density at radius 1 is 1.30 bits per heavy atom. The van der Waals surface area contributed by atoms with E-state index in [1.807, 2.05) is 25.1 Å². The van der Waals surface area contributed by atoms with Gasteiger partial charge in [-0.15, -0.1) is 11.3 Å². The van der Waals surface area contributed by atoms with Crippen molar-refractivity contribution in [3.05, 3.63) is 47.5 Å². The Bertz CT molecular complexity index is 1080. The van der Waals surface area contributed by atoms with Crippen molar-refractivity contribution in [2.75, 3.05) is 5.73 Å². The molecule has 2 heterocycles. The number of carboxylic acid groups (broad SMARTS) is 1. The zero-order valence-electron chi connectivity index (χ0n) is 12.2. The molecule has 5 nitrogen and oxygen atoms in total. The predicted octanol–water partition coefficient (Wildman–Crippen LogP) is 4.30. The van der Waals surface area contributed by atoms with E-state index in [0.717, 1.165) is 10.9 Å². The van der Waals surface area contributed by atoms with Crippen molar-refractivity contribution in [1.29, 1.82) is 0 Å². The second-order valence-corrected chi connectivity index (χ2v) is 6.32. The molecular weight excluding hydrogens is 312 g/mol. The lowest BCUT2D eigenvalue weighted by molar-refractivity contribution is 0.0699. The van der Waals surface area contributed by atoms with Gasteiger partial charge < -0.3 is 15.3 Å². The van der Waals surface area contributed by atoms with E-state index in [0.29, 0.717) is 32.3 Å². The molecule has 0 unspecified atom stereocenters. The first-order valence-electron chi connectivity index (χ1n) is 6.96. The number of hydrogen-bond donors (Lipinski definition) is 2. The van der Waals surface area contributed by atoms with E-state index in [4.69, 9.17) is 10.2 Å². The number of nitrogens with two attached hydrogens (primary N) is 1. The Morgan fingerprint density at radius 2 is 2.13 bits per heavy atom. The number of carbonyl (C=O) groups is 1. The van der Waals surface area contributed by atoms with Crippen LogP contribution in [0.1, 0.15) is 15.9 Å². The van der Waals surface area contributed by atoms with Crippen LogP contribution in [0.15, 0.2) is 40.8 Å². The number of aromatic carboxylic acids is 1. The maximum Gasteiger partial charge on any atom is 0.337 e. The average Bonchev–Trinajstić information content (AvgIpc) is 3.08. The molecule has 0 bridgehead atoms. The van der Waals surface area contributed by atoms with E-state index in [2.05, 4.69) is 4.98 Å². The molecule has 0 radical (unpaired) electrons. The van der Waals surface area contributed by atoms with E-state index in [1.54, 1.807) is 18.2 Å². The van der Waals surface area contributed by atoms with E-state index in [1.165, 1.54) is 11.3 Å². The fraction of sp³-hybridized carbons (Fsp3) is 0.0588. The molecule has 0 aliphatic rings. The van der Waals surface area contributed by atoms with Crippen LogP contribution >= 0.6 is 11.3 Å². The molecule has 2 aromatic carbocycles. The minimum atomic E-state index is -0.973. The van der Waals surface area contributed by atoms with Crippen LogP contribution in [0.3, 0.4) is 0 Å². The summed E-state index contributed by atoms with van der Waals surface area (Å²) in [4.78, 5) is 15.8. The monoisotopic (exact) mass is 324 g/mol. The maximum absolute atomic E-state index is 11.3. The summed E-state index contributed by atoms with van der Waals surface area (Å²) in [6, 6.07) is 10.8. The number of furan rings is 1. The minimum Gasteiger partial charge on any atom is -0.478 e. The van der Waals surface area contributed by atoms with Crippen LogP contribution in [0, 0.1) is 6.92 Å². The summed E-state index contributed by atoms with van der Waals surface area (Å²) in [5, 5.41) is 10.7. The van der Waals surface area contributed by atoms with E-state index >= 15 is 0 Å². The Hall–Kier alpha value is -2.86. The maximum atomic E-state index is 11.3. The van der Waals surface area contributed by atoms with Gasteiger partial charge in [0.2, 0.25) is 0 Å². The fourth-order valence-electron chi connectivity index (χ4n) is 2.60. The zero-order valence-corrected chi connectivity index (χ0v) is 13.0. The number of thiazole rings is 1. The molecule has 0 fully saturated rings. The van der Waals surface area contributed by atoms with Crippen molar-refractivity contribution in [3.8, 4) is 10.8 Å². The summed E-state index contributed by atoms with van der Waals surface area (Å²) in [6.45, 7) is 1.99. The van der Waals surface area contributed by atoms with E-state index in [-0.39, 0.29) is 5.56 Å². The number of carboxylic acids is 1. The van der Waals surface area contributed by atoms with Crippen molar-refractivity contribution < 1.29 is 14.3 Å². The van der Waals surface area contributed by atoms with Crippen molar-refractivity contribution in [1.82, 2.24) is 4.98 Å². The van der Waals surface area contributed by atoms with Crippen LogP contribution < -0.4 is 5.73 Å². The Kier molecular flexibility index (Phi) is 2.89. The first-order chi connectivity index (χ1) is 11.0. The van der Waals surface area contributed by atoms with Crippen LogP contribution in [-0.2, 0) is 0 Å². The minimum absolute atomic E-state index is 0.233. The standard InChI is InChI=1S/C17H12N2O3S/c1-8-5-6-12-10(7-8)13(18)14(22-12)16-19-11-4-2-3-9(17(20)21)15(11)23-16/h2-7H,18H2,1H3,(H,20,21). The highest BCUT2D eigenvalue weighted by atomic mass is 32.1. The van der Waals surface area contributed by atoms with Crippen LogP contribution in [0.25, 0.3) is 32.0 Å². The fourth-order valence-corrected chi connectivity index (χ4v) is 3.67. The number of aromatic nitrogens is 1. The van der Waals surface area contributed by atoms with E-state index in [9.17, 15) is 9.90 Å². The van der Waals surface area contributed by atoms with Gasteiger partial charge in [-0.1, -0.05) is 17.7 Å². The van der Waals surface area contributed by atoms with Crippen LogP contribution in [0.5, 0.6) is 0 Å². The number of nitrogens with zero attached hydrogens (tertiary/aromatic N) is 1. The van der Waals surface area contributed by atoms with Crippen molar-refractivity contribution in [3.63, 3.8) is 0 Å². The molecule has 0 aliphatic heterocycles. The molecule has 4 aromatic rings. The number of nitrogen functional groups attached to an aromatic ring is 1. The SMILES string of the molecule is Cc1ccc2oc(-c3nc4cccc(C(=O)O)c4s3)c(N)c2c1. The van der Waals surface area contributed by atoms with E-state index < -0.39 is 5.97 Å². The first-order valence-corrected chi connectivity index (χ1v) is 7.78. The molecule has 23 heavy (non-hydrogen) atoms. The van der Waals surface area contributed by atoms with Crippen molar-refractivity contribution in [2.45, 2.75) is 6.92 Å². The highest BCUT2D eigenvalue weighted by molar-refractivity contribution is 7.22. The van der Waals surface area contributed by atoms with Crippen LogP contribution in [0.2, 0.25) is 0 Å². The van der Waals surface area contributed by atoms with Gasteiger partial charge in [-0.25, -0.2) is 9.78 Å². The highest BCUT2D eigenvalue weighted by Gasteiger charge is 2.19. The average molecular weight is 324 g/mol. The summed E-state index contributed by atoms with van der Waals surface area (Å²) in [5.74, 6) is -0.484. The van der Waals surface area contributed by atoms with Crippen molar-refractivity contribution >= 4 is 44.2 Å². The molecule has 6 heteroatoms. The second kappa shape index (κ2) is 4.82. The molecule has 0 atom stereocenters. The smallest absolute Gasteiger partial charge is 0.337 e. The lowest BCUT2D eigenvalue weighted by atomic mass is 10.1. The third-order valence-electron chi connectivity index (χ3n) is 3.72. The molecule has 0 spiro atoms. The zero-order chi connectivity index (χ0) is 16.1. The van der Waals surface area contributed by atoms with Crippen LogP contribution in [-0.4, -0.2) is 16.1 Å². The largest absolute Gasteiger partial charge is 0.478 e. The highest BCUT2D eigenvalue weighted by Crippen LogP contribution is 2.40. The molecular formula is C17H12N2O3S. The molecule has 2 aromatic heterocycles. The second-order valence-electron chi connectivity index (χ2n) is 5.32. The summed E-state index contributed by atoms with van der Waals surface area (Å²) in [6.07, 6.45) is 0. The molecule has 3 N–H and O–H groups in total. The Labute approximate surface area is 135 Å². The first kappa shape index (κ1) is 13.8. The summed E-state index contributed by atoms with van der Waals surface area (Å²) in [7, 11) is 0. The molecule has 0 amide bonds. The van der Waals surface area contributed by atoms with Gasteiger partial charge in [0, 0.05) is 5.39 Å². The van der Waals surface area contributed by atoms with Crippen molar-refractivity contribution in [2.24, 2.45) is 0 Å². The quantitative estimate of drug-likeness (QED) is 0.574. The van der Waals surface area contributed by atoms with Gasteiger partial charge in [0.15, 0.2) is 10.8 Å². The number of aryl methyl sites for hydroxylation is 1. The van der Waals surface area contributed by atoms with Gasteiger partial charge in [0.1, 0.15) is 5.58 Å². The number of hydrogen-bond acceptors (Lipinski definition) is 5. The third kappa shape index (κ3) is 2.07. The molecule has 0 aliphatic carbocycles. The van der Waals surface area contributed by atoms with Gasteiger partial charge >= 0.3 is 5.97 Å². The number of anilines is 1. The number of fused-ring (bicyclic) bond motifs is 2. The molecule has 0 saturated carbocycles. The Morgan fingerprint density at radius 3 is 2.91 bits per heavy atom. The van der Waals surface area contributed by atoms with Gasteiger partial charge in [0.05, 0.1) is 21.5 Å². The van der Waals surface area contributed by atoms with Gasteiger partial charge in [-0.3, -0.25) is 0 Å². The van der Waals surface area contributed by atoms with Gasteiger partial charge in [-0.05, 0) is 31.2 Å². The molecule has 114 valence electrons. The number of benzene rings is 2. The molecule has 4 rings (SSSR count). The lowest BCUT2D eigenvalue weighted by Crippen LogP contribution is -1.95. The van der Waals surface area contributed by atoms with Gasteiger partial charge in [-0.2, -0.15) is 0 Å². The summed E-state index contributed by atoms with van der Waals surface area (Å²) < 4.78 is 6.46. The summed E-state index contributed by atoms with van der Waals surface area (Å²) >= 11 is 1.27. The number of rotatable bonds is 2.